The van der Waals surface area contributed by atoms with E-state index in [4.69, 9.17) is 19.5 Å². The Bertz CT molecular complexity index is 1360. The monoisotopic (exact) mass is 490 g/mol. The summed E-state index contributed by atoms with van der Waals surface area (Å²) in [5, 5.41) is 0. The van der Waals surface area contributed by atoms with Crippen LogP contribution in [0.4, 0.5) is 11.4 Å². The molecule has 0 heterocycles. The van der Waals surface area contributed by atoms with E-state index in [9.17, 15) is 0 Å². The maximum absolute atomic E-state index is 6.04. The quantitative estimate of drug-likeness (QED) is 0.192. The number of nitrogens with zero attached hydrogens (tertiary/aromatic N) is 2. The second-order valence-electron chi connectivity index (χ2n) is 9.45. The maximum Gasteiger partial charge on any atom is 0.221 e. The van der Waals surface area contributed by atoms with E-state index in [1.165, 1.54) is 0 Å². The van der Waals surface area contributed by atoms with Crippen molar-refractivity contribution in [1.82, 2.24) is 0 Å². The van der Waals surface area contributed by atoms with E-state index >= 15 is 0 Å². The normalized spacial score (nSPS) is 12.2. The van der Waals surface area contributed by atoms with E-state index in [1.54, 1.807) is 0 Å². The molecule has 4 aromatic rings. The highest BCUT2D eigenvalue weighted by molar-refractivity contribution is 5.96. The van der Waals surface area contributed by atoms with Gasteiger partial charge in [-0.3, -0.25) is 0 Å². The lowest BCUT2D eigenvalue weighted by Crippen LogP contribution is -2.12. The Kier molecular flexibility index (Phi) is 8.52. The average Bonchev–Trinajstić information content (AvgIpc) is 2.90. The van der Waals surface area contributed by atoms with Crippen LogP contribution in [0.5, 0.6) is 0 Å². The zero-order chi connectivity index (χ0) is 26.2. The Hall–Kier alpha value is -4.18. The number of hydrogen-bond donors (Lipinski definition) is 0. The summed E-state index contributed by atoms with van der Waals surface area (Å²) >= 11 is 0. The van der Waals surface area contributed by atoms with E-state index < -0.39 is 0 Å². The molecule has 0 unspecified atom stereocenters. The molecule has 4 nitrogen and oxygen atoms in total. The van der Waals surface area contributed by atoms with Gasteiger partial charge in [0.2, 0.25) is 11.8 Å². The largest absolute Gasteiger partial charge is 0.475 e. The molecule has 4 heteroatoms. The number of aliphatic imine (C=N–C) groups is 2. The predicted octanol–water partition coefficient (Wildman–Crippen LogP) is 8.67. The first kappa shape index (κ1) is 25.9. The van der Waals surface area contributed by atoms with Gasteiger partial charge >= 0.3 is 0 Å². The zero-order valence-electron chi connectivity index (χ0n) is 22.2. The first-order valence-electron chi connectivity index (χ1n) is 12.7. The van der Waals surface area contributed by atoms with Gasteiger partial charge in [-0.1, -0.05) is 54.6 Å². The molecule has 0 aliphatic rings. The van der Waals surface area contributed by atoms with E-state index in [-0.39, 0.29) is 12.2 Å². The summed E-state index contributed by atoms with van der Waals surface area (Å²) < 4.78 is 12.0. The third kappa shape index (κ3) is 7.17. The number of rotatable bonds is 7. The van der Waals surface area contributed by atoms with Crippen LogP contribution in [0.3, 0.4) is 0 Å². The Morgan fingerprint density at radius 2 is 1.05 bits per heavy atom. The third-order valence-corrected chi connectivity index (χ3v) is 5.59. The minimum atomic E-state index is 0.0352. The van der Waals surface area contributed by atoms with Gasteiger partial charge < -0.3 is 9.47 Å². The molecule has 0 radical (unpaired) electrons. The lowest BCUT2D eigenvalue weighted by Gasteiger charge is -2.14. The third-order valence-electron chi connectivity index (χ3n) is 5.59. The van der Waals surface area contributed by atoms with E-state index in [2.05, 4.69) is 31.2 Å². The molecule has 188 valence electrons. The Morgan fingerprint density at radius 1 is 0.568 bits per heavy atom. The first-order chi connectivity index (χ1) is 17.9. The molecule has 4 aromatic carbocycles. The topological polar surface area (TPSA) is 43.2 Å². The predicted molar refractivity (Wildman–Crippen MR) is 154 cm³/mol. The molecule has 0 amide bonds. The highest BCUT2D eigenvalue weighted by atomic mass is 16.5. The van der Waals surface area contributed by atoms with Crippen molar-refractivity contribution in [3.8, 4) is 11.1 Å². The number of hydrogen-bond acceptors (Lipinski definition) is 4. The molecule has 0 saturated carbocycles. The molecular weight excluding hydrogens is 456 g/mol. The molecule has 37 heavy (non-hydrogen) atoms. The van der Waals surface area contributed by atoms with Crippen molar-refractivity contribution in [2.45, 2.75) is 46.8 Å². The van der Waals surface area contributed by atoms with Crippen molar-refractivity contribution in [3.63, 3.8) is 0 Å². The van der Waals surface area contributed by atoms with Gasteiger partial charge in [0, 0.05) is 11.1 Å². The fourth-order valence-electron chi connectivity index (χ4n) is 3.84. The highest BCUT2D eigenvalue weighted by Gasteiger charge is 2.10. The van der Waals surface area contributed by atoms with E-state index in [1.807, 2.05) is 107 Å². The first-order valence-corrected chi connectivity index (χ1v) is 12.7. The molecular formula is C33H34N2O2. The number of benzene rings is 4. The fourth-order valence-corrected chi connectivity index (χ4v) is 3.84. The van der Waals surface area contributed by atoms with Gasteiger partial charge in [0.1, 0.15) is 0 Å². The zero-order valence-corrected chi connectivity index (χ0v) is 22.2. The van der Waals surface area contributed by atoms with Crippen LogP contribution in [0.1, 0.15) is 44.4 Å². The van der Waals surface area contributed by atoms with E-state index in [0.29, 0.717) is 11.8 Å². The molecule has 4 rings (SSSR count). The van der Waals surface area contributed by atoms with Crippen LogP contribution in [0.15, 0.2) is 113 Å². The summed E-state index contributed by atoms with van der Waals surface area (Å²) in [6, 6.07) is 34.5. The highest BCUT2D eigenvalue weighted by Crippen LogP contribution is 2.29. The van der Waals surface area contributed by atoms with Gasteiger partial charge in [0.25, 0.3) is 0 Å². The standard InChI is InChI=1S/C33H34N2O2/c1-23(2)36-32(27-12-8-6-9-13-27)34-30-19-16-26(17-20-30)29-18-21-31(25(5)22-29)35-33(37-24(3)4)28-14-10-7-11-15-28/h6-24H,1-5H3/b34-32-,35-33-. The lowest BCUT2D eigenvalue weighted by molar-refractivity contribution is 0.229. The van der Waals surface area contributed by atoms with Crippen LogP contribution in [-0.4, -0.2) is 24.0 Å². The number of aryl methyl sites for hydroxylation is 1. The summed E-state index contributed by atoms with van der Waals surface area (Å²) in [6.07, 6.45) is 0.0729. The summed E-state index contributed by atoms with van der Waals surface area (Å²) in [6.45, 7) is 10.1. The number of ether oxygens (including phenoxy) is 2. The SMILES string of the molecule is Cc1cc(-c2ccc(/N=C(\OC(C)C)c3ccccc3)cc2)ccc1/N=C(\OC(C)C)c1ccccc1. The van der Waals surface area contributed by atoms with Crippen molar-refractivity contribution >= 4 is 23.2 Å². The average molecular weight is 491 g/mol. The van der Waals surface area contributed by atoms with Gasteiger partial charge in [0.15, 0.2) is 0 Å². The molecule has 0 saturated heterocycles. The van der Waals surface area contributed by atoms with Crippen LogP contribution >= 0.6 is 0 Å². The summed E-state index contributed by atoms with van der Waals surface area (Å²) in [4.78, 5) is 9.65. The van der Waals surface area contributed by atoms with E-state index in [0.717, 1.165) is 39.2 Å². The molecule has 0 aromatic heterocycles. The molecule has 0 N–H and O–H groups in total. The molecule has 0 fully saturated rings. The van der Waals surface area contributed by atoms with Crippen LogP contribution in [-0.2, 0) is 9.47 Å². The Morgan fingerprint density at radius 3 is 1.54 bits per heavy atom. The molecule has 0 atom stereocenters. The Balaban J connectivity index is 1.59. The van der Waals surface area contributed by atoms with Gasteiger partial charge in [-0.15, -0.1) is 0 Å². The summed E-state index contributed by atoms with van der Waals surface area (Å²) in [5.41, 5.74) is 6.99. The van der Waals surface area contributed by atoms with Crippen molar-refractivity contribution in [1.29, 1.82) is 0 Å². The van der Waals surface area contributed by atoms with Crippen LogP contribution < -0.4 is 0 Å². The summed E-state index contributed by atoms with van der Waals surface area (Å²) in [5.74, 6) is 1.26. The smallest absolute Gasteiger partial charge is 0.221 e. The van der Waals surface area contributed by atoms with Crippen LogP contribution in [0, 0.1) is 6.92 Å². The van der Waals surface area contributed by atoms with Crippen molar-refractivity contribution < 1.29 is 9.47 Å². The van der Waals surface area contributed by atoms with Crippen molar-refractivity contribution in [2.24, 2.45) is 9.98 Å². The second kappa shape index (κ2) is 12.2. The molecule has 0 aliphatic carbocycles. The molecule has 0 bridgehead atoms. The second-order valence-corrected chi connectivity index (χ2v) is 9.45. The minimum absolute atomic E-state index is 0.0352. The van der Waals surface area contributed by atoms with Crippen LogP contribution in [0.25, 0.3) is 11.1 Å². The van der Waals surface area contributed by atoms with Gasteiger partial charge in [-0.2, -0.15) is 0 Å². The minimum Gasteiger partial charge on any atom is -0.475 e. The van der Waals surface area contributed by atoms with Crippen LogP contribution in [0.2, 0.25) is 0 Å². The Labute approximate surface area is 220 Å². The van der Waals surface area contributed by atoms with Crippen molar-refractivity contribution in [3.05, 3.63) is 120 Å². The molecule has 0 spiro atoms. The fraction of sp³-hybridized carbons (Fsp3) is 0.212. The van der Waals surface area contributed by atoms with Gasteiger partial charge in [-0.25, -0.2) is 9.98 Å². The maximum atomic E-state index is 6.04. The van der Waals surface area contributed by atoms with Gasteiger partial charge in [-0.05, 0) is 99.8 Å². The lowest BCUT2D eigenvalue weighted by atomic mass is 10.0. The molecule has 0 aliphatic heterocycles. The van der Waals surface area contributed by atoms with Gasteiger partial charge in [0.05, 0.1) is 23.6 Å². The van der Waals surface area contributed by atoms with Crippen molar-refractivity contribution in [2.75, 3.05) is 0 Å². The summed E-state index contributed by atoms with van der Waals surface area (Å²) in [7, 11) is 0.